The van der Waals surface area contributed by atoms with Crippen molar-refractivity contribution in [2.45, 2.75) is 43.3 Å². The summed E-state index contributed by atoms with van der Waals surface area (Å²) in [7, 11) is -2.51. The Morgan fingerprint density at radius 3 is 2.72 bits per heavy atom. The summed E-state index contributed by atoms with van der Waals surface area (Å²) in [5, 5.41) is 9.77. The van der Waals surface area contributed by atoms with Crippen LogP contribution in [0.1, 0.15) is 38.0 Å². The molecule has 1 aliphatic rings. The maximum Gasteiger partial charge on any atom is 0.169 e. The van der Waals surface area contributed by atoms with Gasteiger partial charge in [-0.05, 0) is 45.4 Å². The van der Waals surface area contributed by atoms with Crippen molar-refractivity contribution in [3.63, 3.8) is 0 Å². The van der Waals surface area contributed by atoms with Crippen LogP contribution in [-0.2, 0) is 14.6 Å². The second kappa shape index (κ2) is 7.29. The average molecular weight is 372 g/mol. The summed E-state index contributed by atoms with van der Waals surface area (Å²) >= 11 is 0. The molecule has 1 aliphatic heterocycles. The molecule has 2 rings (SSSR count). The smallest absolute Gasteiger partial charge is 0.169 e. The quantitative estimate of drug-likeness (QED) is 0.832. The Morgan fingerprint density at radius 1 is 1.40 bits per heavy atom. The number of nitrogens with one attached hydrogen (secondary N) is 2. The lowest BCUT2D eigenvalue weighted by Gasteiger charge is -2.34. The molecule has 0 saturated carbocycles. The minimum Gasteiger partial charge on any atom is -0.497 e. The largest absolute Gasteiger partial charge is 0.497 e. The lowest BCUT2D eigenvalue weighted by molar-refractivity contribution is 0.0625. The van der Waals surface area contributed by atoms with Crippen LogP contribution in [0.15, 0.2) is 18.2 Å². The summed E-state index contributed by atoms with van der Waals surface area (Å²) in [5.74, 6) is -0.365. The Hall–Kier alpha value is -1.67. The maximum atomic E-state index is 14.5. The molecular weight excluding hydrogens is 347 g/mol. The topological polar surface area (TPSA) is 88.5 Å². The Balaban J connectivity index is 2.62. The van der Waals surface area contributed by atoms with Gasteiger partial charge in [0.1, 0.15) is 22.1 Å². The summed E-state index contributed by atoms with van der Waals surface area (Å²) in [6.45, 7) is 5.39. The lowest BCUT2D eigenvalue weighted by atomic mass is 10.1. The fourth-order valence-corrected chi connectivity index (χ4v) is 4.94. The molecule has 1 aromatic rings. The van der Waals surface area contributed by atoms with Gasteiger partial charge in [-0.2, -0.15) is 0 Å². The highest BCUT2D eigenvalue weighted by molar-refractivity contribution is 7.93. The van der Waals surface area contributed by atoms with Crippen LogP contribution >= 0.6 is 0 Å². The van der Waals surface area contributed by atoms with Gasteiger partial charge < -0.3 is 14.8 Å². The monoisotopic (exact) mass is 372 g/mol. The van der Waals surface area contributed by atoms with Gasteiger partial charge in [-0.25, -0.2) is 12.8 Å². The molecule has 0 unspecified atom stereocenters. The third-order valence-electron chi connectivity index (χ3n) is 4.59. The number of ether oxygens (including phenoxy) is 2. The molecule has 0 aliphatic carbocycles. The van der Waals surface area contributed by atoms with E-state index in [1.165, 1.54) is 39.2 Å². The van der Waals surface area contributed by atoms with Crippen LogP contribution in [-0.4, -0.2) is 45.4 Å². The zero-order chi connectivity index (χ0) is 18.8. The van der Waals surface area contributed by atoms with E-state index < -0.39 is 25.7 Å². The van der Waals surface area contributed by atoms with E-state index in [4.69, 9.17) is 14.9 Å². The third kappa shape index (κ3) is 3.79. The first-order valence-corrected chi connectivity index (χ1v) is 9.67. The van der Waals surface area contributed by atoms with Gasteiger partial charge in [-0.1, -0.05) is 0 Å². The van der Waals surface area contributed by atoms with Crippen molar-refractivity contribution in [2.75, 3.05) is 20.3 Å². The van der Waals surface area contributed by atoms with Crippen LogP contribution < -0.4 is 10.1 Å². The molecule has 1 saturated heterocycles. The molecule has 2 N–H and O–H groups in total. The van der Waals surface area contributed by atoms with Gasteiger partial charge in [0.05, 0.1) is 25.1 Å². The fourth-order valence-electron chi connectivity index (χ4n) is 2.83. The predicted molar refractivity (Wildman–Crippen MR) is 94.5 cm³/mol. The van der Waals surface area contributed by atoms with Crippen LogP contribution in [0.3, 0.4) is 0 Å². The SMILES string of the molecule is COc1ccc(F)c([C@H]2C[C@@H](C)OCCNC(=N)C(C)(C)S2(=O)=O)c1. The standard InChI is InChI=1S/C17H25FN2O4S/c1-11-9-15(13-10-12(23-4)5-6-14(13)18)25(21,22)17(2,3)16(19)20-7-8-24-11/h5-6,10-11,15H,7-9H2,1-4H3,(H2,19,20)/t11-,15-/m1/s1. The van der Waals surface area contributed by atoms with Crippen molar-refractivity contribution in [3.8, 4) is 5.75 Å². The maximum absolute atomic E-state index is 14.5. The molecule has 140 valence electrons. The highest BCUT2D eigenvalue weighted by atomic mass is 32.2. The molecule has 0 radical (unpaired) electrons. The van der Waals surface area contributed by atoms with Gasteiger partial charge in [0.15, 0.2) is 9.84 Å². The zero-order valence-corrected chi connectivity index (χ0v) is 15.7. The molecule has 0 amide bonds. The van der Waals surface area contributed by atoms with Gasteiger partial charge in [0.2, 0.25) is 0 Å². The Kier molecular flexibility index (Phi) is 5.73. The molecule has 2 atom stereocenters. The van der Waals surface area contributed by atoms with Crippen LogP contribution in [0.2, 0.25) is 0 Å². The van der Waals surface area contributed by atoms with Gasteiger partial charge in [0, 0.05) is 12.1 Å². The van der Waals surface area contributed by atoms with Crippen molar-refractivity contribution in [2.24, 2.45) is 0 Å². The lowest BCUT2D eigenvalue weighted by Crippen LogP contribution is -2.51. The number of benzene rings is 1. The summed E-state index contributed by atoms with van der Waals surface area (Å²) in [6, 6.07) is 4.05. The van der Waals surface area contributed by atoms with E-state index in [-0.39, 0.29) is 23.9 Å². The molecule has 25 heavy (non-hydrogen) atoms. The molecule has 8 heteroatoms. The van der Waals surface area contributed by atoms with Crippen molar-refractivity contribution >= 4 is 15.7 Å². The molecule has 0 aromatic heterocycles. The van der Waals surface area contributed by atoms with E-state index in [1.807, 2.05) is 0 Å². The first kappa shape index (κ1) is 19.7. The second-order valence-corrected chi connectivity index (χ2v) is 9.33. The zero-order valence-electron chi connectivity index (χ0n) is 14.9. The van der Waals surface area contributed by atoms with E-state index in [9.17, 15) is 12.8 Å². The minimum atomic E-state index is -3.95. The van der Waals surface area contributed by atoms with Crippen LogP contribution in [0.5, 0.6) is 5.75 Å². The Morgan fingerprint density at radius 2 is 2.08 bits per heavy atom. The number of rotatable bonds is 2. The van der Waals surface area contributed by atoms with Gasteiger partial charge >= 0.3 is 0 Å². The highest BCUT2D eigenvalue weighted by Crippen LogP contribution is 2.39. The summed E-state index contributed by atoms with van der Waals surface area (Å²) in [4.78, 5) is 0. The number of amidine groups is 1. The number of sulfone groups is 1. The molecule has 1 aromatic carbocycles. The molecule has 0 spiro atoms. The molecular formula is C17H25FN2O4S. The van der Waals surface area contributed by atoms with Crippen LogP contribution in [0, 0.1) is 11.2 Å². The highest BCUT2D eigenvalue weighted by Gasteiger charge is 2.46. The van der Waals surface area contributed by atoms with E-state index >= 15 is 0 Å². The summed E-state index contributed by atoms with van der Waals surface area (Å²) in [5.41, 5.74) is 0.0382. The number of methoxy groups -OCH3 is 1. The first-order chi connectivity index (χ1) is 11.6. The number of halogens is 1. The van der Waals surface area contributed by atoms with Gasteiger partial charge in [-0.3, -0.25) is 5.41 Å². The number of hydrogen-bond acceptors (Lipinski definition) is 5. The second-order valence-electron chi connectivity index (χ2n) is 6.65. The van der Waals surface area contributed by atoms with Crippen LogP contribution in [0.25, 0.3) is 0 Å². The van der Waals surface area contributed by atoms with Crippen molar-refractivity contribution < 1.29 is 22.3 Å². The van der Waals surface area contributed by atoms with Crippen molar-refractivity contribution in [1.29, 1.82) is 5.41 Å². The van der Waals surface area contributed by atoms with Crippen LogP contribution in [0.4, 0.5) is 4.39 Å². The average Bonchev–Trinajstić information content (AvgIpc) is 2.56. The van der Waals surface area contributed by atoms with Crippen molar-refractivity contribution in [1.82, 2.24) is 5.32 Å². The van der Waals surface area contributed by atoms with E-state index in [0.29, 0.717) is 18.9 Å². The third-order valence-corrected chi connectivity index (χ3v) is 7.41. The van der Waals surface area contributed by atoms with E-state index in [2.05, 4.69) is 5.32 Å². The minimum absolute atomic E-state index is 0.0382. The molecule has 6 nitrogen and oxygen atoms in total. The molecule has 1 fully saturated rings. The Labute approximate surface area is 148 Å². The normalized spacial score (nSPS) is 26.5. The number of hydrogen-bond donors (Lipinski definition) is 2. The molecule has 1 heterocycles. The van der Waals surface area contributed by atoms with E-state index in [1.54, 1.807) is 6.92 Å². The predicted octanol–water partition coefficient (Wildman–Crippen LogP) is 2.44. The molecule has 0 bridgehead atoms. The Bertz CT molecular complexity index is 749. The summed E-state index contributed by atoms with van der Waals surface area (Å²) < 4.78 is 50.4. The van der Waals surface area contributed by atoms with Gasteiger partial charge in [-0.15, -0.1) is 0 Å². The van der Waals surface area contributed by atoms with Gasteiger partial charge in [0.25, 0.3) is 0 Å². The fraction of sp³-hybridized carbons (Fsp3) is 0.588. The first-order valence-electron chi connectivity index (χ1n) is 8.12. The van der Waals surface area contributed by atoms with Crippen molar-refractivity contribution in [3.05, 3.63) is 29.6 Å². The summed E-state index contributed by atoms with van der Waals surface area (Å²) in [6.07, 6.45) is -0.279. The van der Waals surface area contributed by atoms with E-state index in [0.717, 1.165) is 0 Å².